The third-order valence-corrected chi connectivity index (χ3v) is 2.65. The molecule has 0 spiro atoms. The van der Waals surface area contributed by atoms with Crippen LogP contribution in [0.5, 0.6) is 0 Å². The van der Waals surface area contributed by atoms with Gasteiger partial charge < -0.3 is 5.32 Å². The number of nitro groups is 1. The van der Waals surface area contributed by atoms with Crippen LogP contribution in [0.4, 0.5) is 20.3 Å². The van der Waals surface area contributed by atoms with Crippen molar-refractivity contribution in [2.45, 2.75) is 13.5 Å². The van der Waals surface area contributed by atoms with Gasteiger partial charge in [0.1, 0.15) is 0 Å². The lowest BCUT2D eigenvalue weighted by atomic mass is 10.2. The highest BCUT2D eigenvalue weighted by Crippen LogP contribution is 2.22. The Bertz CT molecular complexity index is 662. The first kappa shape index (κ1) is 13.9. The van der Waals surface area contributed by atoms with E-state index >= 15 is 0 Å². The van der Waals surface area contributed by atoms with E-state index in [9.17, 15) is 18.9 Å². The summed E-state index contributed by atoms with van der Waals surface area (Å²) in [6.45, 7) is 1.81. The molecule has 0 bridgehead atoms. The molecule has 0 aliphatic carbocycles. The van der Waals surface area contributed by atoms with Gasteiger partial charge in [-0.1, -0.05) is 6.07 Å². The quantitative estimate of drug-likeness (QED) is 0.689. The number of rotatable bonds is 4. The van der Waals surface area contributed by atoms with Crippen LogP contribution >= 0.6 is 0 Å². The molecular formula is C13H11F2N3O2. The van der Waals surface area contributed by atoms with Crippen LogP contribution < -0.4 is 5.32 Å². The van der Waals surface area contributed by atoms with Gasteiger partial charge >= 0.3 is 5.69 Å². The van der Waals surface area contributed by atoms with Crippen LogP contribution in [-0.2, 0) is 6.54 Å². The van der Waals surface area contributed by atoms with Crippen molar-refractivity contribution in [2.75, 3.05) is 5.32 Å². The average Bonchev–Trinajstić information content (AvgIpc) is 2.40. The molecule has 1 aromatic carbocycles. The minimum atomic E-state index is -0.962. The molecule has 20 heavy (non-hydrogen) atoms. The lowest BCUT2D eigenvalue weighted by molar-refractivity contribution is -0.384. The number of aryl methyl sites for hydroxylation is 1. The zero-order valence-corrected chi connectivity index (χ0v) is 10.6. The van der Waals surface area contributed by atoms with Gasteiger partial charge in [0, 0.05) is 18.3 Å². The van der Waals surface area contributed by atoms with Gasteiger partial charge in [-0.3, -0.25) is 10.1 Å². The van der Waals surface area contributed by atoms with E-state index < -0.39 is 16.6 Å². The van der Waals surface area contributed by atoms with Crippen molar-refractivity contribution in [3.8, 4) is 0 Å². The Balaban J connectivity index is 2.20. The van der Waals surface area contributed by atoms with E-state index in [1.165, 1.54) is 18.2 Å². The Morgan fingerprint density at radius 1 is 1.25 bits per heavy atom. The van der Waals surface area contributed by atoms with E-state index in [1.807, 2.05) is 0 Å². The largest absolute Gasteiger partial charge is 0.360 e. The van der Waals surface area contributed by atoms with E-state index in [2.05, 4.69) is 10.3 Å². The molecule has 2 rings (SSSR count). The van der Waals surface area contributed by atoms with Crippen molar-refractivity contribution in [3.63, 3.8) is 0 Å². The van der Waals surface area contributed by atoms with Crippen LogP contribution in [0.25, 0.3) is 0 Å². The normalized spacial score (nSPS) is 10.3. The molecule has 0 saturated carbocycles. The number of anilines is 1. The topological polar surface area (TPSA) is 68.1 Å². The first-order chi connectivity index (χ1) is 9.47. The van der Waals surface area contributed by atoms with E-state index in [1.54, 1.807) is 6.92 Å². The van der Waals surface area contributed by atoms with Crippen molar-refractivity contribution in [2.24, 2.45) is 0 Å². The molecule has 0 atom stereocenters. The maximum absolute atomic E-state index is 13.0. The van der Waals surface area contributed by atoms with Crippen molar-refractivity contribution in [1.29, 1.82) is 0 Å². The fourth-order valence-electron chi connectivity index (χ4n) is 1.66. The molecule has 104 valence electrons. The van der Waals surface area contributed by atoms with Crippen LogP contribution in [0.2, 0.25) is 0 Å². The minimum absolute atomic E-state index is 0.0970. The smallest absolute Gasteiger partial charge is 0.311 e. The van der Waals surface area contributed by atoms with Crippen LogP contribution in [-0.4, -0.2) is 9.91 Å². The predicted octanol–water partition coefficient (Wildman–Crippen LogP) is 3.19. The fourth-order valence-corrected chi connectivity index (χ4v) is 1.66. The summed E-state index contributed by atoms with van der Waals surface area (Å²) in [5, 5.41) is 13.6. The number of hydrogen-bond donors (Lipinski definition) is 1. The summed E-state index contributed by atoms with van der Waals surface area (Å²) < 4.78 is 25.8. The maximum Gasteiger partial charge on any atom is 0.311 e. The van der Waals surface area contributed by atoms with Crippen molar-refractivity contribution in [3.05, 3.63) is 63.3 Å². The standard InChI is InChI=1S/C13H11F2N3O2/c1-8-2-5-12(18(19)20)13(17-8)16-7-9-3-4-10(14)11(15)6-9/h2-6H,7H2,1H3,(H,16,17). The van der Waals surface area contributed by atoms with Gasteiger partial charge in [-0.05, 0) is 30.7 Å². The van der Waals surface area contributed by atoms with Crippen molar-refractivity contribution < 1.29 is 13.7 Å². The summed E-state index contributed by atoms with van der Waals surface area (Å²) in [5.41, 5.74) is 0.906. The summed E-state index contributed by atoms with van der Waals surface area (Å²) in [7, 11) is 0. The molecule has 5 nitrogen and oxygen atoms in total. The molecule has 7 heteroatoms. The van der Waals surface area contributed by atoms with Gasteiger partial charge in [0.05, 0.1) is 4.92 Å². The summed E-state index contributed by atoms with van der Waals surface area (Å²) in [6, 6.07) is 6.30. The number of nitrogens with one attached hydrogen (secondary N) is 1. The summed E-state index contributed by atoms with van der Waals surface area (Å²) in [5.74, 6) is -1.80. The Morgan fingerprint density at radius 2 is 2.00 bits per heavy atom. The highest BCUT2D eigenvalue weighted by Gasteiger charge is 2.15. The van der Waals surface area contributed by atoms with Gasteiger partial charge in [0.15, 0.2) is 11.6 Å². The highest BCUT2D eigenvalue weighted by atomic mass is 19.2. The number of aromatic nitrogens is 1. The average molecular weight is 279 g/mol. The van der Waals surface area contributed by atoms with Gasteiger partial charge in [-0.2, -0.15) is 0 Å². The lowest BCUT2D eigenvalue weighted by Gasteiger charge is -2.07. The summed E-state index contributed by atoms with van der Waals surface area (Å²) in [4.78, 5) is 14.3. The monoisotopic (exact) mass is 279 g/mol. The SMILES string of the molecule is Cc1ccc([N+](=O)[O-])c(NCc2ccc(F)c(F)c2)n1. The Labute approximate surface area is 113 Å². The first-order valence-electron chi connectivity index (χ1n) is 5.77. The second kappa shape index (κ2) is 5.60. The summed E-state index contributed by atoms with van der Waals surface area (Å²) >= 11 is 0. The number of nitrogens with zero attached hydrogens (tertiary/aromatic N) is 2. The number of halogens is 2. The first-order valence-corrected chi connectivity index (χ1v) is 5.77. The predicted molar refractivity (Wildman–Crippen MR) is 69.3 cm³/mol. The molecule has 1 N–H and O–H groups in total. The number of hydrogen-bond acceptors (Lipinski definition) is 4. The van der Waals surface area contributed by atoms with Gasteiger partial charge in [0.25, 0.3) is 0 Å². The molecule has 0 amide bonds. The molecule has 0 radical (unpaired) electrons. The van der Waals surface area contributed by atoms with Crippen LogP contribution in [0, 0.1) is 28.7 Å². The minimum Gasteiger partial charge on any atom is -0.360 e. The number of benzene rings is 1. The molecule has 0 unspecified atom stereocenters. The molecule has 0 aliphatic rings. The molecule has 0 fully saturated rings. The van der Waals surface area contributed by atoms with Gasteiger partial charge in [-0.15, -0.1) is 0 Å². The van der Waals surface area contributed by atoms with Crippen LogP contribution in [0.1, 0.15) is 11.3 Å². The van der Waals surface area contributed by atoms with E-state index in [4.69, 9.17) is 0 Å². The third kappa shape index (κ3) is 3.05. The van der Waals surface area contributed by atoms with Gasteiger partial charge in [-0.25, -0.2) is 13.8 Å². The Hall–Kier alpha value is -2.57. The fraction of sp³-hybridized carbons (Fsp3) is 0.154. The Morgan fingerprint density at radius 3 is 2.65 bits per heavy atom. The summed E-state index contributed by atoms with van der Waals surface area (Å²) in [6.07, 6.45) is 0. The second-order valence-corrected chi connectivity index (χ2v) is 4.18. The Kier molecular flexibility index (Phi) is 3.88. The van der Waals surface area contributed by atoms with E-state index in [-0.39, 0.29) is 18.1 Å². The zero-order chi connectivity index (χ0) is 14.7. The van der Waals surface area contributed by atoms with Crippen molar-refractivity contribution in [1.82, 2.24) is 4.98 Å². The highest BCUT2D eigenvalue weighted by molar-refractivity contribution is 5.56. The van der Waals surface area contributed by atoms with Crippen LogP contribution in [0.3, 0.4) is 0 Å². The lowest BCUT2D eigenvalue weighted by Crippen LogP contribution is -2.06. The molecule has 1 aromatic heterocycles. The third-order valence-electron chi connectivity index (χ3n) is 2.65. The van der Waals surface area contributed by atoms with Crippen molar-refractivity contribution >= 4 is 11.5 Å². The second-order valence-electron chi connectivity index (χ2n) is 4.18. The maximum atomic E-state index is 13.0. The molecular weight excluding hydrogens is 268 g/mol. The molecule has 1 heterocycles. The number of pyridine rings is 1. The molecule has 2 aromatic rings. The molecule has 0 aliphatic heterocycles. The van der Waals surface area contributed by atoms with Crippen LogP contribution in [0.15, 0.2) is 30.3 Å². The van der Waals surface area contributed by atoms with E-state index in [0.29, 0.717) is 11.3 Å². The van der Waals surface area contributed by atoms with E-state index in [0.717, 1.165) is 12.1 Å². The zero-order valence-electron chi connectivity index (χ0n) is 10.6. The molecule has 0 saturated heterocycles. The van der Waals surface area contributed by atoms with Gasteiger partial charge in [0.2, 0.25) is 5.82 Å².